The van der Waals surface area contributed by atoms with E-state index in [-0.39, 0.29) is 18.9 Å². The molecule has 8 heteroatoms. The Bertz CT molecular complexity index is 822. The van der Waals surface area contributed by atoms with E-state index in [1.165, 1.54) is 32.0 Å². The van der Waals surface area contributed by atoms with E-state index in [2.05, 4.69) is 0 Å². The quantitative estimate of drug-likeness (QED) is 0.369. The summed E-state index contributed by atoms with van der Waals surface area (Å²) in [5.74, 6) is -1.11. The van der Waals surface area contributed by atoms with Crippen molar-refractivity contribution in [1.82, 2.24) is 0 Å². The lowest BCUT2D eigenvalue weighted by atomic mass is 10.0. The zero-order valence-corrected chi connectivity index (χ0v) is 15.6. The van der Waals surface area contributed by atoms with Gasteiger partial charge < -0.3 is 14.2 Å². The van der Waals surface area contributed by atoms with Crippen molar-refractivity contribution in [2.75, 3.05) is 6.61 Å². The minimum atomic E-state index is -0.986. The summed E-state index contributed by atoms with van der Waals surface area (Å²) in [5, 5.41) is 11.1. The van der Waals surface area contributed by atoms with E-state index in [4.69, 9.17) is 14.2 Å². The van der Waals surface area contributed by atoms with Crippen molar-refractivity contribution in [2.24, 2.45) is 0 Å². The molecule has 28 heavy (non-hydrogen) atoms. The van der Waals surface area contributed by atoms with Crippen molar-refractivity contribution in [3.8, 4) is 0 Å². The Labute approximate surface area is 162 Å². The Morgan fingerprint density at radius 2 is 1.75 bits per heavy atom. The number of rotatable bonds is 9. The van der Waals surface area contributed by atoms with E-state index in [9.17, 15) is 19.7 Å². The van der Waals surface area contributed by atoms with Crippen molar-refractivity contribution < 1.29 is 28.7 Å². The summed E-state index contributed by atoms with van der Waals surface area (Å²) in [6.45, 7) is 2.48. The molecule has 0 bridgehead atoms. The van der Waals surface area contributed by atoms with Gasteiger partial charge in [0, 0.05) is 31.5 Å². The normalized spacial score (nSPS) is 12.6. The maximum atomic E-state index is 11.6. The monoisotopic (exact) mass is 387 g/mol. The number of nitro benzene ring substituents is 1. The van der Waals surface area contributed by atoms with Crippen LogP contribution in [0.2, 0.25) is 0 Å². The number of hydrogen-bond acceptors (Lipinski definition) is 7. The fourth-order valence-electron chi connectivity index (χ4n) is 2.55. The van der Waals surface area contributed by atoms with E-state index >= 15 is 0 Å². The zero-order valence-electron chi connectivity index (χ0n) is 15.6. The van der Waals surface area contributed by atoms with E-state index in [0.29, 0.717) is 5.56 Å². The molecule has 0 aromatic heterocycles. The standard InChI is InChI=1S/C20H21NO7/c1-14(22)26-13-19(27-12-16-7-4-3-5-8-16)20(28-15(2)23)17-9-6-10-18(11-17)21(24)25/h3-11,19-20H,12-13H2,1-2H3/t19-,20-/m0/s1. The van der Waals surface area contributed by atoms with Gasteiger partial charge in [0.2, 0.25) is 0 Å². The molecular formula is C20H21NO7. The predicted octanol–water partition coefficient (Wildman–Crippen LogP) is 3.35. The van der Waals surface area contributed by atoms with Crippen LogP contribution in [-0.2, 0) is 30.4 Å². The summed E-state index contributed by atoms with van der Waals surface area (Å²) >= 11 is 0. The van der Waals surface area contributed by atoms with Gasteiger partial charge in [-0.15, -0.1) is 0 Å². The summed E-state index contributed by atoms with van der Waals surface area (Å²) in [6.07, 6.45) is -1.84. The molecule has 2 rings (SSSR count). The first-order valence-corrected chi connectivity index (χ1v) is 8.57. The molecule has 0 aliphatic heterocycles. The van der Waals surface area contributed by atoms with Gasteiger partial charge in [-0.25, -0.2) is 0 Å². The van der Waals surface area contributed by atoms with Gasteiger partial charge in [0.15, 0.2) is 6.10 Å². The van der Waals surface area contributed by atoms with Gasteiger partial charge in [-0.3, -0.25) is 19.7 Å². The number of hydrogen-bond donors (Lipinski definition) is 0. The van der Waals surface area contributed by atoms with Gasteiger partial charge in [0.25, 0.3) is 5.69 Å². The third-order valence-corrected chi connectivity index (χ3v) is 3.80. The van der Waals surface area contributed by atoms with Gasteiger partial charge in [-0.1, -0.05) is 42.5 Å². The smallest absolute Gasteiger partial charge is 0.303 e. The lowest BCUT2D eigenvalue weighted by molar-refractivity contribution is -0.385. The highest BCUT2D eigenvalue weighted by Gasteiger charge is 2.29. The van der Waals surface area contributed by atoms with Gasteiger partial charge in [0.05, 0.1) is 11.5 Å². The predicted molar refractivity (Wildman–Crippen MR) is 99.3 cm³/mol. The van der Waals surface area contributed by atoms with E-state index in [1.807, 2.05) is 30.3 Å². The molecule has 0 heterocycles. The van der Waals surface area contributed by atoms with Crippen molar-refractivity contribution >= 4 is 17.6 Å². The number of benzene rings is 2. The average molecular weight is 387 g/mol. The molecule has 0 fully saturated rings. The Morgan fingerprint density at radius 1 is 1.04 bits per heavy atom. The van der Waals surface area contributed by atoms with Gasteiger partial charge in [0.1, 0.15) is 12.7 Å². The molecule has 0 aliphatic rings. The topological polar surface area (TPSA) is 105 Å². The highest BCUT2D eigenvalue weighted by atomic mass is 16.6. The first-order chi connectivity index (χ1) is 13.4. The Balaban J connectivity index is 2.30. The maximum absolute atomic E-state index is 11.6. The van der Waals surface area contributed by atoms with Crippen LogP contribution in [0.1, 0.15) is 31.1 Å². The van der Waals surface area contributed by atoms with Gasteiger partial charge in [-0.05, 0) is 5.56 Å². The highest BCUT2D eigenvalue weighted by molar-refractivity contribution is 5.67. The Morgan fingerprint density at radius 3 is 2.36 bits per heavy atom. The van der Waals surface area contributed by atoms with Crippen molar-refractivity contribution in [3.05, 3.63) is 75.8 Å². The first-order valence-electron chi connectivity index (χ1n) is 8.57. The molecule has 0 N–H and O–H groups in total. The first kappa shape index (κ1) is 21.0. The van der Waals surface area contributed by atoms with Gasteiger partial charge >= 0.3 is 11.9 Å². The van der Waals surface area contributed by atoms with Crippen LogP contribution in [0.4, 0.5) is 5.69 Å². The van der Waals surface area contributed by atoms with Crippen LogP contribution in [0.3, 0.4) is 0 Å². The summed E-state index contributed by atoms with van der Waals surface area (Å²) in [7, 11) is 0. The molecule has 0 unspecified atom stereocenters. The van der Waals surface area contributed by atoms with E-state index < -0.39 is 29.1 Å². The Kier molecular flexibility index (Phi) is 7.65. The van der Waals surface area contributed by atoms with Crippen LogP contribution in [0, 0.1) is 10.1 Å². The average Bonchev–Trinajstić information content (AvgIpc) is 2.67. The summed E-state index contributed by atoms with van der Waals surface area (Å²) in [6, 6.07) is 15.0. The van der Waals surface area contributed by atoms with Crippen LogP contribution in [0.15, 0.2) is 54.6 Å². The molecule has 0 aliphatic carbocycles. The fourth-order valence-corrected chi connectivity index (χ4v) is 2.55. The lowest BCUT2D eigenvalue weighted by Gasteiger charge is -2.27. The van der Waals surface area contributed by atoms with Crippen LogP contribution in [0.5, 0.6) is 0 Å². The number of nitrogens with zero attached hydrogens (tertiary/aromatic N) is 1. The summed E-state index contributed by atoms with van der Waals surface area (Å²) in [4.78, 5) is 33.5. The number of non-ortho nitro benzene ring substituents is 1. The SMILES string of the molecule is CC(=O)OC[C@H](OCc1ccccc1)[C@@H](OC(C)=O)c1cccc([N+](=O)[O-])c1. The Hall–Kier alpha value is -3.26. The third-order valence-electron chi connectivity index (χ3n) is 3.80. The second-order valence-electron chi connectivity index (χ2n) is 6.02. The zero-order chi connectivity index (χ0) is 20.5. The third kappa shape index (κ3) is 6.48. The molecule has 2 aromatic carbocycles. The van der Waals surface area contributed by atoms with Crippen LogP contribution in [-0.4, -0.2) is 29.6 Å². The van der Waals surface area contributed by atoms with Crippen LogP contribution < -0.4 is 0 Å². The van der Waals surface area contributed by atoms with E-state index in [0.717, 1.165) is 5.56 Å². The number of ether oxygens (including phenoxy) is 3. The molecule has 0 saturated heterocycles. The minimum absolute atomic E-state index is 0.149. The van der Waals surface area contributed by atoms with Crippen LogP contribution >= 0.6 is 0 Å². The lowest BCUT2D eigenvalue weighted by Crippen LogP contribution is -2.31. The van der Waals surface area contributed by atoms with Crippen molar-refractivity contribution in [1.29, 1.82) is 0 Å². The van der Waals surface area contributed by atoms with Crippen molar-refractivity contribution in [2.45, 2.75) is 32.7 Å². The number of carbonyl (C=O) groups is 2. The highest BCUT2D eigenvalue weighted by Crippen LogP contribution is 2.28. The summed E-state index contributed by atoms with van der Waals surface area (Å²) < 4.78 is 16.3. The molecular weight excluding hydrogens is 366 g/mol. The number of carbonyl (C=O) groups excluding carboxylic acids is 2. The fraction of sp³-hybridized carbons (Fsp3) is 0.300. The molecule has 2 atom stereocenters. The largest absolute Gasteiger partial charge is 0.463 e. The molecule has 2 aromatic rings. The number of nitro groups is 1. The summed E-state index contributed by atoms with van der Waals surface area (Å²) in [5.41, 5.74) is 1.09. The second kappa shape index (κ2) is 10.2. The number of esters is 2. The molecule has 0 spiro atoms. The molecule has 0 amide bonds. The van der Waals surface area contributed by atoms with Crippen LogP contribution in [0.25, 0.3) is 0 Å². The van der Waals surface area contributed by atoms with Crippen molar-refractivity contribution in [3.63, 3.8) is 0 Å². The molecule has 0 saturated carbocycles. The van der Waals surface area contributed by atoms with Gasteiger partial charge in [-0.2, -0.15) is 0 Å². The molecule has 0 radical (unpaired) electrons. The minimum Gasteiger partial charge on any atom is -0.463 e. The maximum Gasteiger partial charge on any atom is 0.303 e. The molecule has 8 nitrogen and oxygen atoms in total. The second-order valence-corrected chi connectivity index (χ2v) is 6.02. The van der Waals surface area contributed by atoms with E-state index in [1.54, 1.807) is 6.07 Å². The molecule has 148 valence electrons.